The first kappa shape index (κ1) is 13.0. The number of imidazole rings is 1. The normalized spacial score (nSPS) is 11.8. The molecule has 0 unspecified atom stereocenters. The number of halogens is 1. The molecule has 18 heavy (non-hydrogen) atoms. The Morgan fingerprint density at radius 1 is 1.28 bits per heavy atom. The minimum absolute atomic E-state index is 0.0333. The van der Waals surface area contributed by atoms with Crippen LogP contribution < -0.4 is 0 Å². The van der Waals surface area contributed by atoms with E-state index < -0.39 is 0 Å². The van der Waals surface area contributed by atoms with Crippen molar-refractivity contribution in [1.29, 1.82) is 0 Å². The van der Waals surface area contributed by atoms with Gasteiger partial charge in [-0.15, -0.1) is 0 Å². The molecule has 0 saturated carbocycles. The standard InChI is InChI=1S/C14H17FN2S/c1-9-7-10(15)5-6-11(9)17-12(14(2,3)4)8-16-13(17)18/h5-8H,1-4H3,(H,16,18). The molecule has 1 aromatic carbocycles. The van der Waals surface area contributed by atoms with Crippen LogP contribution in [0.2, 0.25) is 0 Å². The molecule has 0 spiro atoms. The zero-order valence-electron chi connectivity index (χ0n) is 11.0. The molecule has 2 rings (SSSR count). The van der Waals surface area contributed by atoms with E-state index in [1.165, 1.54) is 12.1 Å². The summed E-state index contributed by atoms with van der Waals surface area (Å²) >= 11 is 5.33. The van der Waals surface area contributed by atoms with Crippen molar-refractivity contribution in [3.05, 3.63) is 46.2 Å². The van der Waals surface area contributed by atoms with Gasteiger partial charge < -0.3 is 4.98 Å². The van der Waals surface area contributed by atoms with Crippen molar-refractivity contribution in [2.45, 2.75) is 33.1 Å². The van der Waals surface area contributed by atoms with Crippen molar-refractivity contribution in [2.24, 2.45) is 0 Å². The van der Waals surface area contributed by atoms with Crippen LogP contribution in [0.15, 0.2) is 24.4 Å². The molecule has 0 atom stereocenters. The predicted octanol–water partition coefficient (Wildman–Crippen LogP) is 4.28. The molecule has 0 amide bonds. The summed E-state index contributed by atoms with van der Waals surface area (Å²) in [5, 5.41) is 0. The second kappa shape index (κ2) is 4.35. The highest BCUT2D eigenvalue weighted by atomic mass is 32.1. The fraction of sp³-hybridized carbons (Fsp3) is 0.357. The molecule has 2 aromatic rings. The van der Waals surface area contributed by atoms with E-state index in [-0.39, 0.29) is 11.2 Å². The molecule has 0 bridgehead atoms. The summed E-state index contributed by atoms with van der Waals surface area (Å²) in [5.74, 6) is -0.226. The van der Waals surface area contributed by atoms with Crippen LogP contribution in [0.4, 0.5) is 4.39 Å². The molecule has 0 aliphatic carbocycles. The lowest BCUT2D eigenvalue weighted by Crippen LogP contribution is -2.17. The number of hydrogen-bond acceptors (Lipinski definition) is 1. The van der Waals surface area contributed by atoms with Crippen molar-refractivity contribution in [3.63, 3.8) is 0 Å². The van der Waals surface area contributed by atoms with Crippen molar-refractivity contribution in [2.75, 3.05) is 0 Å². The van der Waals surface area contributed by atoms with E-state index >= 15 is 0 Å². The van der Waals surface area contributed by atoms with E-state index in [1.54, 1.807) is 6.07 Å². The number of rotatable bonds is 1. The van der Waals surface area contributed by atoms with Crippen molar-refractivity contribution in [1.82, 2.24) is 9.55 Å². The highest BCUT2D eigenvalue weighted by molar-refractivity contribution is 7.71. The second-order valence-electron chi connectivity index (χ2n) is 5.50. The Morgan fingerprint density at radius 2 is 1.94 bits per heavy atom. The van der Waals surface area contributed by atoms with Crippen LogP contribution in [-0.2, 0) is 5.41 Å². The van der Waals surface area contributed by atoms with Gasteiger partial charge in [0.15, 0.2) is 4.77 Å². The quantitative estimate of drug-likeness (QED) is 0.762. The van der Waals surface area contributed by atoms with Gasteiger partial charge in [0.25, 0.3) is 0 Å². The molecule has 0 radical (unpaired) electrons. The van der Waals surface area contributed by atoms with Crippen LogP contribution in [0.1, 0.15) is 32.0 Å². The van der Waals surface area contributed by atoms with Gasteiger partial charge in [-0.3, -0.25) is 4.57 Å². The molecule has 1 heterocycles. The average molecular weight is 264 g/mol. The third-order valence-electron chi connectivity index (χ3n) is 2.94. The third kappa shape index (κ3) is 2.25. The highest BCUT2D eigenvalue weighted by Gasteiger charge is 2.20. The molecule has 1 N–H and O–H groups in total. The largest absolute Gasteiger partial charge is 0.337 e. The number of aromatic amines is 1. The molecule has 0 aliphatic heterocycles. The summed E-state index contributed by atoms with van der Waals surface area (Å²) in [4.78, 5) is 3.07. The SMILES string of the molecule is Cc1cc(F)ccc1-n1c(C(C)(C)C)c[nH]c1=S. The first-order valence-electron chi connectivity index (χ1n) is 5.88. The molecular formula is C14H17FN2S. The number of nitrogens with zero attached hydrogens (tertiary/aromatic N) is 1. The second-order valence-corrected chi connectivity index (χ2v) is 5.88. The number of H-pyrrole nitrogens is 1. The highest BCUT2D eigenvalue weighted by Crippen LogP contribution is 2.27. The van der Waals surface area contributed by atoms with Gasteiger partial charge in [-0.25, -0.2) is 4.39 Å². The molecule has 0 aliphatic rings. The topological polar surface area (TPSA) is 20.7 Å². The van der Waals surface area contributed by atoms with E-state index in [1.807, 2.05) is 17.7 Å². The van der Waals surface area contributed by atoms with Gasteiger partial charge in [0.05, 0.1) is 5.69 Å². The van der Waals surface area contributed by atoms with E-state index in [2.05, 4.69) is 25.8 Å². The molecule has 4 heteroatoms. The summed E-state index contributed by atoms with van der Waals surface area (Å²) < 4.78 is 15.8. The number of hydrogen-bond donors (Lipinski definition) is 1. The van der Waals surface area contributed by atoms with Crippen molar-refractivity contribution >= 4 is 12.2 Å². The van der Waals surface area contributed by atoms with E-state index in [0.717, 1.165) is 16.9 Å². The summed E-state index contributed by atoms with van der Waals surface area (Å²) in [6.45, 7) is 8.26. The van der Waals surface area contributed by atoms with Gasteiger partial charge in [0.2, 0.25) is 0 Å². The fourth-order valence-corrected chi connectivity index (χ4v) is 2.29. The van der Waals surface area contributed by atoms with Gasteiger partial charge in [-0.05, 0) is 42.9 Å². The zero-order valence-corrected chi connectivity index (χ0v) is 11.9. The van der Waals surface area contributed by atoms with Gasteiger partial charge in [-0.1, -0.05) is 20.8 Å². The third-order valence-corrected chi connectivity index (χ3v) is 3.24. The Labute approximate surface area is 111 Å². The first-order valence-corrected chi connectivity index (χ1v) is 6.29. The molecule has 0 fully saturated rings. The van der Waals surface area contributed by atoms with E-state index in [4.69, 9.17) is 12.2 Å². The Morgan fingerprint density at radius 3 is 2.50 bits per heavy atom. The Bertz CT molecular complexity index is 632. The predicted molar refractivity (Wildman–Crippen MR) is 74.3 cm³/mol. The van der Waals surface area contributed by atoms with Gasteiger partial charge in [-0.2, -0.15) is 0 Å². The zero-order chi connectivity index (χ0) is 13.5. The van der Waals surface area contributed by atoms with Gasteiger partial charge in [0.1, 0.15) is 5.82 Å². The maximum absolute atomic E-state index is 13.2. The van der Waals surface area contributed by atoms with Crippen LogP contribution >= 0.6 is 12.2 Å². The number of aryl methyl sites for hydroxylation is 1. The van der Waals surface area contributed by atoms with Crippen molar-refractivity contribution in [3.8, 4) is 5.69 Å². The summed E-state index contributed by atoms with van der Waals surface area (Å²) in [7, 11) is 0. The maximum Gasteiger partial charge on any atom is 0.182 e. The minimum Gasteiger partial charge on any atom is -0.337 e. The van der Waals surface area contributed by atoms with Gasteiger partial charge >= 0.3 is 0 Å². The summed E-state index contributed by atoms with van der Waals surface area (Å²) in [6.07, 6.45) is 1.92. The molecule has 2 nitrogen and oxygen atoms in total. The van der Waals surface area contributed by atoms with Gasteiger partial charge in [0, 0.05) is 17.3 Å². The number of nitrogens with one attached hydrogen (secondary N) is 1. The van der Waals surface area contributed by atoms with Crippen LogP contribution in [0.5, 0.6) is 0 Å². The first-order chi connectivity index (χ1) is 8.30. The number of aromatic nitrogens is 2. The van der Waals surface area contributed by atoms with Crippen LogP contribution in [0, 0.1) is 17.5 Å². The lowest BCUT2D eigenvalue weighted by atomic mass is 9.92. The monoisotopic (exact) mass is 264 g/mol. The summed E-state index contributed by atoms with van der Waals surface area (Å²) in [6, 6.07) is 4.75. The Balaban J connectivity index is 2.71. The van der Waals surface area contributed by atoms with E-state index in [0.29, 0.717) is 4.77 Å². The van der Waals surface area contributed by atoms with Crippen LogP contribution in [0.25, 0.3) is 5.69 Å². The lowest BCUT2D eigenvalue weighted by molar-refractivity contribution is 0.555. The Hall–Kier alpha value is -1.42. The smallest absolute Gasteiger partial charge is 0.182 e. The molecular weight excluding hydrogens is 247 g/mol. The Kier molecular flexibility index (Phi) is 3.15. The van der Waals surface area contributed by atoms with Crippen LogP contribution in [-0.4, -0.2) is 9.55 Å². The minimum atomic E-state index is -0.226. The maximum atomic E-state index is 13.2. The lowest BCUT2D eigenvalue weighted by Gasteiger charge is -2.21. The van der Waals surface area contributed by atoms with Crippen molar-refractivity contribution < 1.29 is 4.39 Å². The average Bonchev–Trinajstić information content (AvgIpc) is 2.60. The molecule has 96 valence electrons. The summed E-state index contributed by atoms with van der Waals surface area (Å²) in [5.41, 5.74) is 2.85. The van der Waals surface area contributed by atoms with E-state index in [9.17, 15) is 4.39 Å². The fourth-order valence-electron chi connectivity index (χ4n) is 2.03. The number of benzene rings is 1. The van der Waals surface area contributed by atoms with Crippen LogP contribution in [0.3, 0.4) is 0 Å². The molecule has 1 aromatic heterocycles. The molecule has 0 saturated heterocycles.